The average Bonchev–Trinajstić information content (AvgIpc) is 2.91. The zero-order chi connectivity index (χ0) is 27.9. The highest BCUT2D eigenvalue weighted by molar-refractivity contribution is 7.92. The van der Waals surface area contributed by atoms with Crippen LogP contribution in [-0.4, -0.2) is 51.3 Å². The van der Waals surface area contributed by atoms with E-state index in [9.17, 15) is 18.0 Å². The van der Waals surface area contributed by atoms with E-state index in [1.165, 1.54) is 16.3 Å². The first-order valence-electron chi connectivity index (χ1n) is 12.8. The number of nitrogens with zero attached hydrogens (tertiary/aromatic N) is 2. The maximum absolute atomic E-state index is 14.0. The van der Waals surface area contributed by atoms with Crippen molar-refractivity contribution in [2.45, 2.75) is 51.5 Å². The molecular formula is C30H37N3O4S. The molecule has 202 valence electrons. The third kappa shape index (κ3) is 6.81. The summed E-state index contributed by atoms with van der Waals surface area (Å²) in [5, 5.41) is 2.65. The Morgan fingerprint density at radius 1 is 0.895 bits per heavy atom. The number of sulfonamides is 1. The Morgan fingerprint density at radius 2 is 1.53 bits per heavy atom. The van der Waals surface area contributed by atoms with Gasteiger partial charge in [-0.1, -0.05) is 67.1 Å². The van der Waals surface area contributed by atoms with E-state index in [1.54, 1.807) is 30.3 Å². The minimum atomic E-state index is -4.08. The van der Waals surface area contributed by atoms with E-state index < -0.39 is 28.5 Å². The first-order chi connectivity index (χ1) is 18.1. The zero-order valence-corrected chi connectivity index (χ0v) is 23.6. The summed E-state index contributed by atoms with van der Waals surface area (Å²) in [6.45, 7) is 7.28. The van der Waals surface area contributed by atoms with Crippen LogP contribution in [0.1, 0.15) is 35.6 Å². The van der Waals surface area contributed by atoms with Crippen LogP contribution in [0.2, 0.25) is 0 Å². The van der Waals surface area contributed by atoms with Crippen LogP contribution in [0.15, 0.2) is 77.7 Å². The molecule has 8 heteroatoms. The molecule has 7 nitrogen and oxygen atoms in total. The molecule has 0 saturated heterocycles. The molecule has 0 heterocycles. The molecule has 2 amide bonds. The van der Waals surface area contributed by atoms with Gasteiger partial charge in [-0.15, -0.1) is 0 Å². The molecule has 3 aromatic rings. The zero-order valence-electron chi connectivity index (χ0n) is 22.8. The number of rotatable bonds is 11. The van der Waals surface area contributed by atoms with Crippen LogP contribution in [0.25, 0.3) is 0 Å². The van der Waals surface area contributed by atoms with Crippen LogP contribution in [-0.2, 0) is 26.0 Å². The van der Waals surface area contributed by atoms with Gasteiger partial charge in [0.05, 0.1) is 10.6 Å². The molecule has 0 radical (unpaired) electrons. The van der Waals surface area contributed by atoms with Crippen LogP contribution in [0.4, 0.5) is 5.69 Å². The van der Waals surface area contributed by atoms with Crippen molar-refractivity contribution in [3.8, 4) is 0 Å². The molecule has 0 aliphatic carbocycles. The number of anilines is 1. The molecule has 38 heavy (non-hydrogen) atoms. The van der Waals surface area contributed by atoms with Gasteiger partial charge < -0.3 is 10.2 Å². The number of benzene rings is 3. The van der Waals surface area contributed by atoms with Gasteiger partial charge in [-0.2, -0.15) is 0 Å². The first kappa shape index (κ1) is 28.9. The van der Waals surface area contributed by atoms with Crippen molar-refractivity contribution in [2.75, 3.05) is 24.4 Å². The fourth-order valence-corrected chi connectivity index (χ4v) is 5.87. The topological polar surface area (TPSA) is 86.8 Å². The molecule has 0 aliphatic rings. The lowest BCUT2D eigenvalue weighted by Crippen LogP contribution is -2.52. The minimum Gasteiger partial charge on any atom is -0.357 e. The molecule has 0 aromatic heterocycles. The van der Waals surface area contributed by atoms with Gasteiger partial charge in [0.2, 0.25) is 11.8 Å². The Hall–Kier alpha value is -3.65. The van der Waals surface area contributed by atoms with E-state index in [2.05, 4.69) is 5.32 Å². The Morgan fingerprint density at radius 3 is 2.13 bits per heavy atom. The Bertz CT molecular complexity index is 1360. The van der Waals surface area contributed by atoms with E-state index in [1.807, 2.05) is 70.2 Å². The molecule has 0 saturated carbocycles. The quantitative estimate of drug-likeness (QED) is 0.394. The summed E-state index contributed by atoms with van der Waals surface area (Å²) >= 11 is 0. The lowest BCUT2D eigenvalue weighted by Gasteiger charge is -2.33. The van der Waals surface area contributed by atoms with E-state index in [4.69, 9.17) is 0 Å². The molecule has 1 unspecified atom stereocenters. The molecule has 0 spiro atoms. The number of hydrogen-bond donors (Lipinski definition) is 1. The largest absolute Gasteiger partial charge is 0.357 e. The smallest absolute Gasteiger partial charge is 0.264 e. The third-order valence-electron chi connectivity index (χ3n) is 6.64. The standard InChI is InChI=1S/C30H37N3O4S/c1-6-27(30(35)31-5)32(19-18-25-10-8-7-9-11-25)29(34)21-33(28-20-23(3)12-15-24(28)4)38(36,37)26-16-13-22(2)14-17-26/h7-17,20,27H,6,18-19,21H2,1-5H3,(H,31,35). The van der Waals surface area contributed by atoms with Gasteiger partial charge in [0.15, 0.2) is 0 Å². The lowest BCUT2D eigenvalue weighted by atomic mass is 10.1. The summed E-state index contributed by atoms with van der Waals surface area (Å²) in [5.41, 5.74) is 4.00. The summed E-state index contributed by atoms with van der Waals surface area (Å²) < 4.78 is 29.1. The van der Waals surface area contributed by atoms with Crippen LogP contribution >= 0.6 is 0 Å². The highest BCUT2D eigenvalue weighted by Gasteiger charge is 2.33. The third-order valence-corrected chi connectivity index (χ3v) is 8.41. The molecule has 3 aromatic carbocycles. The Labute approximate surface area is 226 Å². The average molecular weight is 536 g/mol. The number of carbonyl (C=O) groups excluding carboxylic acids is 2. The van der Waals surface area contributed by atoms with Crippen molar-refractivity contribution < 1.29 is 18.0 Å². The van der Waals surface area contributed by atoms with Gasteiger partial charge in [-0.05, 0) is 68.5 Å². The van der Waals surface area contributed by atoms with Crippen molar-refractivity contribution in [3.05, 3.63) is 95.1 Å². The Balaban J connectivity index is 2.04. The van der Waals surface area contributed by atoms with Gasteiger partial charge in [0.1, 0.15) is 12.6 Å². The van der Waals surface area contributed by atoms with E-state index >= 15 is 0 Å². The number of likely N-dealkylation sites (N-methyl/N-ethyl adjacent to an activating group) is 1. The second-order valence-corrected chi connectivity index (χ2v) is 11.3. The minimum absolute atomic E-state index is 0.103. The van der Waals surface area contributed by atoms with Crippen LogP contribution < -0.4 is 9.62 Å². The highest BCUT2D eigenvalue weighted by atomic mass is 32.2. The lowest BCUT2D eigenvalue weighted by molar-refractivity contribution is -0.139. The SMILES string of the molecule is CCC(C(=O)NC)N(CCc1ccccc1)C(=O)CN(c1cc(C)ccc1C)S(=O)(=O)c1ccc(C)cc1. The van der Waals surface area contributed by atoms with Gasteiger partial charge in [0.25, 0.3) is 10.0 Å². The number of amides is 2. The molecule has 0 bridgehead atoms. The van der Waals surface area contributed by atoms with Gasteiger partial charge in [0, 0.05) is 13.6 Å². The molecule has 1 N–H and O–H groups in total. The van der Waals surface area contributed by atoms with Crippen LogP contribution in [0, 0.1) is 20.8 Å². The molecule has 3 rings (SSSR count). The van der Waals surface area contributed by atoms with Crippen molar-refractivity contribution >= 4 is 27.5 Å². The molecule has 0 fully saturated rings. The summed E-state index contributed by atoms with van der Waals surface area (Å²) in [5.74, 6) is -0.721. The molecule has 0 aliphatic heterocycles. The summed E-state index contributed by atoms with van der Waals surface area (Å²) in [6, 6.07) is 21.1. The number of nitrogens with one attached hydrogen (secondary N) is 1. The predicted molar refractivity (Wildman–Crippen MR) is 152 cm³/mol. The maximum atomic E-state index is 14.0. The number of carbonyl (C=O) groups is 2. The number of aryl methyl sites for hydroxylation is 3. The molecule has 1 atom stereocenters. The van der Waals surface area contributed by atoms with Crippen LogP contribution in [0.3, 0.4) is 0 Å². The fraction of sp³-hybridized carbons (Fsp3) is 0.333. The monoisotopic (exact) mass is 535 g/mol. The van der Waals surface area contributed by atoms with Crippen LogP contribution in [0.5, 0.6) is 0 Å². The second kappa shape index (κ2) is 12.7. The second-order valence-electron chi connectivity index (χ2n) is 9.48. The van der Waals surface area contributed by atoms with Gasteiger partial charge in [-0.3, -0.25) is 13.9 Å². The van der Waals surface area contributed by atoms with Gasteiger partial charge in [-0.25, -0.2) is 8.42 Å². The Kier molecular flexibility index (Phi) is 9.69. The van der Waals surface area contributed by atoms with Gasteiger partial charge >= 0.3 is 0 Å². The van der Waals surface area contributed by atoms with E-state index in [0.29, 0.717) is 18.5 Å². The highest BCUT2D eigenvalue weighted by Crippen LogP contribution is 2.28. The maximum Gasteiger partial charge on any atom is 0.264 e. The first-order valence-corrected chi connectivity index (χ1v) is 14.2. The van der Waals surface area contributed by atoms with E-state index in [-0.39, 0.29) is 17.3 Å². The molecular weight excluding hydrogens is 498 g/mol. The summed E-state index contributed by atoms with van der Waals surface area (Å²) in [4.78, 5) is 28.3. The van der Waals surface area contributed by atoms with Crippen molar-refractivity contribution in [1.29, 1.82) is 0 Å². The van der Waals surface area contributed by atoms with Crippen molar-refractivity contribution in [2.24, 2.45) is 0 Å². The number of hydrogen-bond acceptors (Lipinski definition) is 4. The van der Waals surface area contributed by atoms with Crippen molar-refractivity contribution in [3.63, 3.8) is 0 Å². The summed E-state index contributed by atoms with van der Waals surface area (Å²) in [7, 11) is -2.54. The predicted octanol–water partition coefficient (Wildman–Crippen LogP) is 4.40. The summed E-state index contributed by atoms with van der Waals surface area (Å²) in [6.07, 6.45) is 0.933. The fourth-order valence-electron chi connectivity index (χ4n) is 4.40. The van der Waals surface area contributed by atoms with E-state index in [0.717, 1.165) is 22.3 Å². The van der Waals surface area contributed by atoms with Crippen molar-refractivity contribution in [1.82, 2.24) is 10.2 Å². The normalized spacial score (nSPS) is 12.0.